The predicted octanol–water partition coefficient (Wildman–Crippen LogP) is 5.07. The van der Waals surface area contributed by atoms with E-state index >= 15 is 0 Å². The highest BCUT2D eigenvalue weighted by atomic mass is 32.1. The van der Waals surface area contributed by atoms with Crippen LogP contribution in [0.1, 0.15) is 10.4 Å². The molecular weight excluding hydrogens is 490 g/mol. The first-order valence-corrected chi connectivity index (χ1v) is 12.7. The normalized spacial score (nSPS) is 10.4. The molecule has 196 valence electrons. The molecule has 0 unspecified atom stereocenters. The van der Waals surface area contributed by atoms with Gasteiger partial charge in [0.2, 0.25) is 5.91 Å². The fourth-order valence-corrected chi connectivity index (χ4v) is 4.44. The van der Waals surface area contributed by atoms with E-state index in [2.05, 4.69) is 11.9 Å². The number of carbonyl (C=O) groups is 2. The van der Waals surface area contributed by atoms with Gasteiger partial charge in [-0.15, -0.1) is 17.9 Å². The molecule has 0 radical (unpaired) electrons. The van der Waals surface area contributed by atoms with E-state index in [0.717, 1.165) is 10.4 Å². The van der Waals surface area contributed by atoms with Crippen LogP contribution < -0.4 is 19.5 Å². The molecular formula is C28H33N3O5S. The van der Waals surface area contributed by atoms with Crippen molar-refractivity contribution in [1.82, 2.24) is 9.80 Å². The average molecular weight is 524 g/mol. The molecule has 0 aliphatic carbocycles. The van der Waals surface area contributed by atoms with Crippen LogP contribution in [0.15, 0.2) is 72.6 Å². The quantitative estimate of drug-likeness (QED) is 0.317. The number of methoxy groups -OCH3 is 3. The molecule has 37 heavy (non-hydrogen) atoms. The van der Waals surface area contributed by atoms with E-state index in [4.69, 9.17) is 14.2 Å². The number of nitrogens with zero attached hydrogens (tertiary/aromatic N) is 2. The maximum atomic E-state index is 13.5. The van der Waals surface area contributed by atoms with Crippen LogP contribution in [0.25, 0.3) is 0 Å². The van der Waals surface area contributed by atoms with Gasteiger partial charge >= 0.3 is 6.03 Å². The van der Waals surface area contributed by atoms with Crippen LogP contribution in [0.3, 0.4) is 0 Å². The Hall–Kier alpha value is -3.98. The van der Waals surface area contributed by atoms with E-state index in [-0.39, 0.29) is 19.0 Å². The van der Waals surface area contributed by atoms with Crippen LogP contribution in [0.2, 0.25) is 0 Å². The number of carbonyl (C=O) groups excluding carboxylic acids is 2. The van der Waals surface area contributed by atoms with Crippen molar-refractivity contribution in [2.45, 2.75) is 13.0 Å². The Balaban J connectivity index is 1.72. The zero-order chi connectivity index (χ0) is 26.6. The summed E-state index contributed by atoms with van der Waals surface area (Å²) in [5.74, 6) is 1.76. The summed E-state index contributed by atoms with van der Waals surface area (Å²) in [6, 6.07) is 16.4. The summed E-state index contributed by atoms with van der Waals surface area (Å²) in [6.07, 6.45) is 2.22. The molecule has 0 atom stereocenters. The molecule has 8 nitrogen and oxygen atoms in total. The van der Waals surface area contributed by atoms with Crippen molar-refractivity contribution < 1.29 is 23.8 Å². The highest BCUT2D eigenvalue weighted by molar-refractivity contribution is 7.09. The van der Waals surface area contributed by atoms with E-state index in [1.165, 1.54) is 4.90 Å². The van der Waals surface area contributed by atoms with E-state index in [1.54, 1.807) is 67.9 Å². The van der Waals surface area contributed by atoms with E-state index in [0.29, 0.717) is 42.4 Å². The zero-order valence-corrected chi connectivity index (χ0v) is 22.3. The minimum atomic E-state index is -0.391. The van der Waals surface area contributed by atoms with Crippen LogP contribution in [0.4, 0.5) is 10.5 Å². The molecule has 3 rings (SSSR count). The lowest BCUT2D eigenvalue weighted by atomic mass is 10.1. The lowest BCUT2D eigenvalue weighted by Crippen LogP contribution is -2.44. The largest absolute Gasteiger partial charge is 0.497 e. The molecule has 0 bridgehead atoms. The first kappa shape index (κ1) is 27.6. The van der Waals surface area contributed by atoms with Gasteiger partial charge in [0.25, 0.3) is 0 Å². The third-order valence-electron chi connectivity index (χ3n) is 5.68. The zero-order valence-electron chi connectivity index (χ0n) is 21.4. The maximum Gasteiger partial charge on any atom is 0.322 e. The van der Waals surface area contributed by atoms with Crippen molar-refractivity contribution in [3.05, 3.63) is 83.1 Å². The van der Waals surface area contributed by atoms with Gasteiger partial charge in [-0.05, 0) is 47.7 Å². The fourth-order valence-electron chi connectivity index (χ4n) is 3.72. The number of nitrogens with one attached hydrogen (secondary N) is 1. The van der Waals surface area contributed by atoms with Gasteiger partial charge in [0.1, 0.15) is 12.3 Å². The number of ether oxygens (including phenoxy) is 3. The highest BCUT2D eigenvalue weighted by Gasteiger charge is 2.22. The first-order valence-electron chi connectivity index (χ1n) is 11.8. The molecule has 3 amide bonds. The Morgan fingerprint density at radius 2 is 1.78 bits per heavy atom. The monoisotopic (exact) mass is 523 g/mol. The number of urea groups is 1. The Morgan fingerprint density at radius 1 is 0.973 bits per heavy atom. The summed E-state index contributed by atoms with van der Waals surface area (Å²) in [4.78, 5) is 30.8. The van der Waals surface area contributed by atoms with Gasteiger partial charge < -0.3 is 29.3 Å². The second kappa shape index (κ2) is 13.9. The molecule has 1 heterocycles. The molecule has 2 aromatic carbocycles. The Labute approximate surface area is 222 Å². The summed E-state index contributed by atoms with van der Waals surface area (Å²) < 4.78 is 16.0. The van der Waals surface area contributed by atoms with Crippen molar-refractivity contribution in [2.75, 3.05) is 46.3 Å². The number of thiophene rings is 1. The third-order valence-corrected chi connectivity index (χ3v) is 6.54. The van der Waals surface area contributed by atoms with Crippen molar-refractivity contribution >= 4 is 29.0 Å². The number of rotatable bonds is 13. The number of hydrogen-bond acceptors (Lipinski definition) is 6. The molecule has 9 heteroatoms. The van der Waals surface area contributed by atoms with Gasteiger partial charge in [-0.25, -0.2) is 4.79 Å². The van der Waals surface area contributed by atoms with Gasteiger partial charge in [-0.3, -0.25) is 4.79 Å². The standard InChI is InChI=1S/C28H33N3O5S/c1-5-14-31(28(33)29-22-8-6-9-23(18-22)34-2)20-27(32)30(19-24-10-7-16-37-24)15-13-21-11-12-25(35-3)26(17-21)36-4/h5-12,16-18H,1,13-15,19-20H2,2-4H3,(H,29,33). The van der Waals surface area contributed by atoms with E-state index < -0.39 is 6.03 Å². The van der Waals surface area contributed by atoms with E-state index in [9.17, 15) is 9.59 Å². The molecule has 0 aliphatic rings. The van der Waals surface area contributed by atoms with Crippen LogP contribution in [0.5, 0.6) is 17.2 Å². The topological polar surface area (TPSA) is 80.3 Å². The highest BCUT2D eigenvalue weighted by Crippen LogP contribution is 2.28. The molecule has 0 saturated carbocycles. The lowest BCUT2D eigenvalue weighted by Gasteiger charge is -2.27. The summed E-state index contributed by atoms with van der Waals surface area (Å²) in [6.45, 7) is 4.83. The van der Waals surface area contributed by atoms with Crippen molar-refractivity contribution in [3.8, 4) is 17.2 Å². The molecule has 0 aliphatic heterocycles. The SMILES string of the molecule is C=CCN(CC(=O)N(CCc1ccc(OC)c(OC)c1)Cc1cccs1)C(=O)Nc1cccc(OC)c1. The lowest BCUT2D eigenvalue weighted by molar-refractivity contribution is -0.132. The molecule has 3 aromatic rings. The second-order valence-corrected chi connectivity index (χ2v) is 9.20. The summed E-state index contributed by atoms with van der Waals surface area (Å²) >= 11 is 1.59. The maximum absolute atomic E-state index is 13.5. The van der Waals surface area contributed by atoms with Gasteiger partial charge in [-0.1, -0.05) is 24.3 Å². The minimum Gasteiger partial charge on any atom is -0.497 e. The molecule has 0 fully saturated rings. The molecule has 0 saturated heterocycles. The van der Waals surface area contributed by atoms with Gasteiger partial charge in [-0.2, -0.15) is 0 Å². The number of benzene rings is 2. The van der Waals surface area contributed by atoms with E-state index in [1.807, 2.05) is 35.7 Å². The van der Waals surface area contributed by atoms with Crippen molar-refractivity contribution in [2.24, 2.45) is 0 Å². The predicted molar refractivity (Wildman–Crippen MR) is 147 cm³/mol. The Morgan fingerprint density at radius 3 is 2.46 bits per heavy atom. The van der Waals surface area contributed by atoms with Crippen LogP contribution in [0, 0.1) is 0 Å². The molecule has 1 N–H and O–H groups in total. The number of amides is 3. The molecule has 1 aromatic heterocycles. The van der Waals surface area contributed by atoms with Gasteiger partial charge in [0.15, 0.2) is 11.5 Å². The average Bonchev–Trinajstić information content (AvgIpc) is 3.43. The van der Waals surface area contributed by atoms with Gasteiger partial charge in [0.05, 0.1) is 27.9 Å². The third kappa shape index (κ3) is 8.01. The minimum absolute atomic E-state index is 0.0842. The fraction of sp³-hybridized carbons (Fsp3) is 0.286. The summed E-state index contributed by atoms with van der Waals surface area (Å²) in [7, 11) is 4.76. The van der Waals surface area contributed by atoms with Crippen LogP contribution in [-0.4, -0.2) is 62.7 Å². The summed E-state index contributed by atoms with van der Waals surface area (Å²) in [5.41, 5.74) is 1.59. The van der Waals surface area contributed by atoms with Crippen LogP contribution >= 0.6 is 11.3 Å². The second-order valence-electron chi connectivity index (χ2n) is 8.17. The van der Waals surface area contributed by atoms with Crippen molar-refractivity contribution in [3.63, 3.8) is 0 Å². The smallest absolute Gasteiger partial charge is 0.322 e. The Bertz CT molecular complexity index is 1180. The number of hydrogen-bond donors (Lipinski definition) is 1. The van der Waals surface area contributed by atoms with Crippen molar-refractivity contribution in [1.29, 1.82) is 0 Å². The molecule has 0 spiro atoms. The Kier molecular flexibility index (Phi) is 10.4. The van der Waals surface area contributed by atoms with Crippen LogP contribution in [-0.2, 0) is 17.8 Å². The summed E-state index contributed by atoms with van der Waals surface area (Å²) in [5, 5.41) is 4.82. The first-order chi connectivity index (χ1) is 18.0. The number of anilines is 1. The van der Waals surface area contributed by atoms with Gasteiger partial charge in [0, 0.05) is 29.7 Å².